The van der Waals surface area contributed by atoms with E-state index in [2.05, 4.69) is 15.1 Å². The van der Waals surface area contributed by atoms with E-state index in [-0.39, 0.29) is 0 Å². The first kappa shape index (κ1) is 14.5. The van der Waals surface area contributed by atoms with Gasteiger partial charge in [0.25, 0.3) is 5.91 Å². The number of nitrogens with one attached hydrogen (secondary N) is 2. The number of benzene rings is 1. The standard InChI is InChI=1S/C14H14N4O3S/c1-22(20,21)17-18-13(12-8-4-5-9-15-12)16-11-7-3-2-6-10(11)14(18)19/h2-9,13,16-17H,1H3/t13-/m0/s1. The molecule has 2 aromatic rings. The number of carbonyl (C=O) groups excluding carboxylic acids is 1. The quantitative estimate of drug-likeness (QED) is 0.884. The highest BCUT2D eigenvalue weighted by Gasteiger charge is 2.35. The smallest absolute Gasteiger partial charge is 0.273 e. The molecule has 0 aliphatic carbocycles. The van der Waals surface area contributed by atoms with Crippen LogP contribution in [0.4, 0.5) is 5.69 Å². The largest absolute Gasteiger partial charge is 0.358 e. The number of carbonyl (C=O) groups is 1. The molecule has 0 saturated heterocycles. The number of para-hydroxylation sites is 1. The van der Waals surface area contributed by atoms with E-state index < -0.39 is 22.1 Å². The molecule has 0 bridgehead atoms. The maximum absolute atomic E-state index is 12.6. The molecule has 2 heterocycles. The van der Waals surface area contributed by atoms with Crippen molar-refractivity contribution in [2.24, 2.45) is 0 Å². The molecule has 8 heteroatoms. The van der Waals surface area contributed by atoms with E-state index in [1.54, 1.807) is 48.7 Å². The van der Waals surface area contributed by atoms with Gasteiger partial charge in [0, 0.05) is 11.9 Å². The Kier molecular flexibility index (Phi) is 3.55. The molecule has 0 fully saturated rings. The molecule has 2 N–H and O–H groups in total. The summed E-state index contributed by atoms with van der Waals surface area (Å²) in [5.41, 5.74) is 1.56. The molecule has 0 saturated carbocycles. The van der Waals surface area contributed by atoms with Crippen molar-refractivity contribution < 1.29 is 13.2 Å². The van der Waals surface area contributed by atoms with Crippen LogP contribution in [0.1, 0.15) is 22.2 Å². The molecule has 1 aromatic heterocycles. The topological polar surface area (TPSA) is 91.4 Å². The summed E-state index contributed by atoms with van der Waals surface area (Å²) in [6.07, 6.45) is 1.86. The summed E-state index contributed by atoms with van der Waals surface area (Å²) < 4.78 is 23.2. The van der Waals surface area contributed by atoms with Gasteiger partial charge in [0.15, 0.2) is 6.17 Å². The molecule has 1 amide bonds. The van der Waals surface area contributed by atoms with Crippen molar-refractivity contribution >= 4 is 21.6 Å². The molecule has 0 spiro atoms. The Bertz CT molecular complexity index is 808. The number of nitrogens with zero attached hydrogens (tertiary/aromatic N) is 2. The van der Waals surface area contributed by atoms with Gasteiger partial charge in [0.05, 0.1) is 17.5 Å². The number of rotatable bonds is 3. The second-order valence-electron chi connectivity index (χ2n) is 4.89. The van der Waals surface area contributed by atoms with E-state index in [9.17, 15) is 13.2 Å². The third-order valence-corrected chi connectivity index (χ3v) is 3.69. The van der Waals surface area contributed by atoms with Crippen molar-refractivity contribution in [2.45, 2.75) is 6.17 Å². The molecule has 0 radical (unpaired) electrons. The molecule has 1 atom stereocenters. The number of hydrogen-bond donors (Lipinski definition) is 2. The van der Waals surface area contributed by atoms with Gasteiger partial charge in [-0.15, -0.1) is 4.83 Å². The van der Waals surface area contributed by atoms with Crippen LogP contribution in [-0.2, 0) is 10.0 Å². The number of sulfonamides is 1. The van der Waals surface area contributed by atoms with Crippen molar-refractivity contribution in [2.75, 3.05) is 11.6 Å². The Morgan fingerprint density at radius 3 is 2.59 bits per heavy atom. The molecule has 22 heavy (non-hydrogen) atoms. The van der Waals surface area contributed by atoms with Gasteiger partial charge in [0.2, 0.25) is 10.0 Å². The molecule has 3 rings (SSSR count). The molecular weight excluding hydrogens is 304 g/mol. The number of hydrazine groups is 1. The summed E-state index contributed by atoms with van der Waals surface area (Å²) in [6.45, 7) is 0. The Labute approximate surface area is 128 Å². The van der Waals surface area contributed by atoms with Gasteiger partial charge in [0.1, 0.15) is 0 Å². The zero-order valence-electron chi connectivity index (χ0n) is 11.7. The van der Waals surface area contributed by atoms with Crippen LogP contribution in [0.5, 0.6) is 0 Å². The average Bonchev–Trinajstić information content (AvgIpc) is 2.50. The minimum atomic E-state index is -3.61. The van der Waals surface area contributed by atoms with Gasteiger partial charge >= 0.3 is 0 Å². The lowest BCUT2D eigenvalue weighted by Gasteiger charge is -2.36. The van der Waals surface area contributed by atoms with Crippen LogP contribution in [0.3, 0.4) is 0 Å². The second kappa shape index (κ2) is 5.39. The number of anilines is 1. The van der Waals surface area contributed by atoms with Crippen LogP contribution < -0.4 is 10.1 Å². The summed E-state index contributed by atoms with van der Waals surface area (Å²) in [5, 5.41) is 4.17. The van der Waals surface area contributed by atoms with E-state index in [4.69, 9.17) is 0 Å². The summed E-state index contributed by atoms with van der Waals surface area (Å²) in [4.78, 5) is 19.1. The number of fused-ring (bicyclic) bond motifs is 1. The van der Waals surface area contributed by atoms with Gasteiger partial charge in [-0.05, 0) is 24.3 Å². The maximum atomic E-state index is 12.6. The zero-order chi connectivity index (χ0) is 15.7. The SMILES string of the molecule is CS(=O)(=O)NN1C(=O)c2ccccc2N[C@@H]1c1ccccn1. The number of amides is 1. The summed E-state index contributed by atoms with van der Waals surface area (Å²) in [7, 11) is -3.61. The fourth-order valence-electron chi connectivity index (χ4n) is 2.27. The minimum Gasteiger partial charge on any atom is -0.358 e. The average molecular weight is 318 g/mol. The predicted octanol–water partition coefficient (Wildman–Crippen LogP) is 1.11. The highest BCUT2D eigenvalue weighted by molar-refractivity contribution is 7.88. The van der Waals surface area contributed by atoms with Crippen LogP contribution in [0, 0.1) is 0 Å². The van der Waals surface area contributed by atoms with E-state index in [1.807, 2.05) is 0 Å². The summed E-state index contributed by atoms with van der Waals surface area (Å²) in [6, 6.07) is 12.2. The lowest BCUT2D eigenvalue weighted by molar-refractivity contribution is 0.0629. The summed E-state index contributed by atoms with van der Waals surface area (Å²) in [5.74, 6) is -0.435. The van der Waals surface area contributed by atoms with Crippen LogP contribution >= 0.6 is 0 Å². The maximum Gasteiger partial charge on any atom is 0.273 e. The first-order valence-corrected chi connectivity index (χ1v) is 8.42. The molecule has 1 aromatic carbocycles. The lowest BCUT2D eigenvalue weighted by Crippen LogP contribution is -2.52. The van der Waals surface area contributed by atoms with Gasteiger partial charge in [-0.2, -0.15) is 0 Å². The normalized spacial score (nSPS) is 17.8. The molecule has 0 unspecified atom stereocenters. The molecular formula is C14H14N4O3S. The molecule has 7 nitrogen and oxygen atoms in total. The predicted molar refractivity (Wildman–Crippen MR) is 81.2 cm³/mol. The zero-order valence-corrected chi connectivity index (χ0v) is 12.5. The van der Waals surface area contributed by atoms with Crippen molar-refractivity contribution in [1.82, 2.24) is 14.8 Å². The first-order chi connectivity index (χ1) is 10.5. The third-order valence-electron chi connectivity index (χ3n) is 3.16. The van der Waals surface area contributed by atoms with Gasteiger partial charge in [-0.25, -0.2) is 13.4 Å². The summed E-state index contributed by atoms with van der Waals surface area (Å²) >= 11 is 0. The van der Waals surface area contributed by atoms with Crippen molar-refractivity contribution in [3.8, 4) is 0 Å². The fourth-order valence-corrected chi connectivity index (χ4v) is 2.82. The van der Waals surface area contributed by atoms with E-state index in [0.29, 0.717) is 16.9 Å². The van der Waals surface area contributed by atoms with E-state index >= 15 is 0 Å². The van der Waals surface area contributed by atoms with Crippen LogP contribution in [-0.4, -0.2) is 30.6 Å². The van der Waals surface area contributed by atoms with Crippen molar-refractivity contribution in [3.05, 3.63) is 59.9 Å². The van der Waals surface area contributed by atoms with Crippen molar-refractivity contribution in [3.63, 3.8) is 0 Å². The Morgan fingerprint density at radius 1 is 1.18 bits per heavy atom. The second-order valence-corrected chi connectivity index (χ2v) is 6.61. The van der Waals surface area contributed by atoms with Gasteiger partial charge in [-0.1, -0.05) is 18.2 Å². The molecule has 1 aliphatic rings. The van der Waals surface area contributed by atoms with E-state index in [0.717, 1.165) is 11.3 Å². The minimum absolute atomic E-state index is 0.394. The van der Waals surface area contributed by atoms with Crippen LogP contribution in [0.15, 0.2) is 48.7 Å². The van der Waals surface area contributed by atoms with Crippen LogP contribution in [0.2, 0.25) is 0 Å². The van der Waals surface area contributed by atoms with Gasteiger partial charge in [-0.3, -0.25) is 9.78 Å². The van der Waals surface area contributed by atoms with Crippen molar-refractivity contribution in [1.29, 1.82) is 0 Å². The lowest BCUT2D eigenvalue weighted by atomic mass is 10.1. The first-order valence-electron chi connectivity index (χ1n) is 6.53. The highest BCUT2D eigenvalue weighted by Crippen LogP contribution is 2.30. The number of hydrogen-bond acceptors (Lipinski definition) is 5. The number of pyridine rings is 1. The highest BCUT2D eigenvalue weighted by atomic mass is 32.2. The Balaban J connectivity index is 2.08. The Hall–Kier alpha value is -2.45. The third kappa shape index (κ3) is 2.78. The fraction of sp³-hybridized carbons (Fsp3) is 0.143. The van der Waals surface area contributed by atoms with Crippen LogP contribution in [0.25, 0.3) is 0 Å². The monoisotopic (exact) mass is 318 g/mol. The molecule has 1 aliphatic heterocycles. The molecule has 114 valence electrons. The Morgan fingerprint density at radius 2 is 1.91 bits per heavy atom. The van der Waals surface area contributed by atoms with Gasteiger partial charge < -0.3 is 5.32 Å². The number of aromatic nitrogens is 1. The van der Waals surface area contributed by atoms with E-state index in [1.165, 1.54) is 0 Å².